The zero-order valence-electron chi connectivity index (χ0n) is 34.0. The topological polar surface area (TPSA) is 37.8 Å². The Balaban J connectivity index is 0.973. The maximum Gasteiger partial charge on any atom is 0.160 e. The maximum atomic E-state index is 5.21. The van der Waals surface area contributed by atoms with E-state index in [-0.39, 0.29) is 6.04 Å². The Morgan fingerprint density at radius 1 is 0.339 bits per heavy atom. The molecule has 62 heavy (non-hydrogen) atoms. The largest absolute Gasteiger partial charge is 0.374 e. The third-order valence-corrected chi connectivity index (χ3v) is 12.0. The Hall–Kier alpha value is -8.14. The van der Waals surface area contributed by atoms with Gasteiger partial charge in [0.05, 0.1) is 17.4 Å². The number of anilines is 1. The number of nitrogens with zero attached hydrogens (tertiary/aromatic N) is 2. The van der Waals surface area contributed by atoms with Crippen LogP contribution in [0.25, 0.3) is 83.6 Å². The number of fused-ring (bicyclic) bond motifs is 3. The van der Waals surface area contributed by atoms with Gasteiger partial charge in [-0.1, -0.05) is 218 Å². The Kier molecular flexibility index (Phi) is 9.61. The van der Waals surface area contributed by atoms with Crippen LogP contribution in [0, 0.1) is 0 Å². The van der Waals surface area contributed by atoms with Crippen molar-refractivity contribution >= 4 is 22.0 Å². The minimum absolute atomic E-state index is 0.0654. The minimum atomic E-state index is 0.0654. The molecule has 0 spiro atoms. The van der Waals surface area contributed by atoms with Gasteiger partial charge in [0.2, 0.25) is 0 Å². The lowest BCUT2D eigenvalue weighted by atomic mass is 9.85. The zero-order chi connectivity index (χ0) is 41.2. The minimum Gasteiger partial charge on any atom is -0.374 e. The van der Waals surface area contributed by atoms with Gasteiger partial charge in [-0.05, 0) is 79.1 Å². The number of benzene rings is 9. The van der Waals surface area contributed by atoms with Gasteiger partial charge >= 0.3 is 0 Å². The Morgan fingerprint density at radius 3 is 1.37 bits per heavy atom. The van der Waals surface area contributed by atoms with Crippen molar-refractivity contribution in [2.45, 2.75) is 6.04 Å². The fourth-order valence-electron chi connectivity index (χ4n) is 8.78. The molecule has 9 aromatic carbocycles. The number of hydrogen-bond acceptors (Lipinski definition) is 3. The molecule has 10 aromatic rings. The van der Waals surface area contributed by atoms with Gasteiger partial charge in [0.1, 0.15) is 0 Å². The van der Waals surface area contributed by atoms with Crippen molar-refractivity contribution in [2.24, 2.45) is 0 Å². The molecule has 0 aliphatic carbocycles. The highest BCUT2D eigenvalue weighted by Gasteiger charge is 2.24. The highest BCUT2D eigenvalue weighted by Crippen LogP contribution is 2.44. The lowest BCUT2D eigenvalue weighted by molar-refractivity contribution is 0.974. The molecule has 1 N–H and O–H groups in total. The SMILES string of the molecule is C1=C(c2ccccc2)c2c(ccc3c(-c4ccc(-c5nc(-c6ccc(-c7ccccc7)cc6)cc(-c6ccc(-c7ccccc7)cc6)n5)cc4)cccc23)NC1c1ccccc1. The van der Waals surface area contributed by atoms with Gasteiger partial charge in [0.15, 0.2) is 5.82 Å². The van der Waals surface area contributed by atoms with Crippen LogP contribution in [0.3, 0.4) is 0 Å². The van der Waals surface area contributed by atoms with Crippen molar-refractivity contribution in [3.63, 3.8) is 0 Å². The lowest BCUT2D eigenvalue weighted by Gasteiger charge is -2.29. The van der Waals surface area contributed by atoms with E-state index in [1.807, 2.05) is 12.1 Å². The first kappa shape index (κ1) is 36.9. The Morgan fingerprint density at radius 2 is 0.806 bits per heavy atom. The second kappa shape index (κ2) is 16.1. The number of hydrogen-bond donors (Lipinski definition) is 1. The number of aromatic nitrogens is 2. The van der Waals surface area contributed by atoms with E-state index in [4.69, 9.17) is 9.97 Å². The van der Waals surface area contributed by atoms with Crippen molar-refractivity contribution in [2.75, 3.05) is 5.32 Å². The maximum absolute atomic E-state index is 5.21. The van der Waals surface area contributed by atoms with E-state index in [2.05, 4.69) is 230 Å². The lowest BCUT2D eigenvalue weighted by Crippen LogP contribution is -2.15. The first-order valence-corrected chi connectivity index (χ1v) is 21.2. The van der Waals surface area contributed by atoms with Crippen LogP contribution in [-0.2, 0) is 0 Å². The normalized spacial score (nSPS) is 13.2. The molecular formula is C59H41N3. The molecule has 0 amide bonds. The van der Waals surface area contributed by atoms with E-state index < -0.39 is 0 Å². The summed E-state index contributed by atoms with van der Waals surface area (Å²) in [6.45, 7) is 0. The second-order valence-corrected chi connectivity index (χ2v) is 15.8. The average molecular weight is 792 g/mol. The van der Waals surface area contributed by atoms with Crippen LogP contribution in [0.1, 0.15) is 22.7 Å². The van der Waals surface area contributed by atoms with Crippen LogP contribution in [-0.4, -0.2) is 9.97 Å². The smallest absolute Gasteiger partial charge is 0.160 e. The predicted octanol–water partition coefficient (Wildman–Crippen LogP) is 15.2. The van der Waals surface area contributed by atoms with Crippen LogP contribution in [0.5, 0.6) is 0 Å². The van der Waals surface area contributed by atoms with E-state index >= 15 is 0 Å². The Labute approximate surface area is 362 Å². The molecule has 0 saturated carbocycles. The first-order chi connectivity index (χ1) is 30.7. The van der Waals surface area contributed by atoms with Crippen molar-refractivity contribution in [1.82, 2.24) is 9.97 Å². The van der Waals surface area contributed by atoms with Crippen LogP contribution < -0.4 is 5.32 Å². The first-order valence-electron chi connectivity index (χ1n) is 21.2. The number of rotatable bonds is 8. The van der Waals surface area contributed by atoms with Gasteiger partial charge < -0.3 is 5.32 Å². The van der Waals surface area contributed by atoms with Gasteiger partial charge in [-0.15, -0.1) is 0 Å². The van der Waals surface area contributed by atoms with Crippen LogP contribution >= 0.6 is 0 Å². The molecule has 3 nitrogen and oxygen atoms in total. The summed E-state index contributed by atoms with van der Waals surface area (Å²) in [6.07, 6.45) is 2.38. The molecular weight excluding hydrogens is 751 g/mol. The van der Waals surface area contributed by atoms with Crippen molar-refractivity contribution in [3.05, 3.63) is 253 Å². The van der Waals surface area contributed by atoms with Gasteiger partial charge in [0.25, 0.3) is 0 Å². The summed E-state index contributed by atoms with van der Waals surface area (Å²) in [5.41, 5.74) is 17.9. The quantitative estimate of drug-likeness (QED) is 0.167. The van der Waals surface area contributed by atoms with Crippen molar-refractivity contribution in [1.29, 1.82) is 0 Å². The van der Waals surface area contributed by atoms with E-state index in [9.17, 15) is 0 Å². The third kappa shape index (κ3) is 7.16. The van der Waals surface area contributed by atoms with Crippen LogP contribution in [0.15, 0.2) is 237 Å². The standard InChI is InChI=1S/C59H41N3/c1-5-14-40(15-6-1)42-24-30-47(31-25-42)56-39-57(48-32-26-43(27-33-48)41-16-7-2-8-17-41)62-59(61-56)49-34-28-45(29-35-49)50-22-13-23-52-51(50)36-37-54-58(52)53(44-18-9-3-10-19-44)38-55(60-54)46-20-11-4-12-21-46/h1-39,55,60H. The molecule has 11 rings (SSSR count). The molecule has 1 aromatic heterocycles. The molecule has 0 saturated heterocycles. The summed E-state index contributed by atoms with van der Waals surface area (Å²) in [6, 6.07) is 81.8. The highest BCUT2D eigenvalue weighted by molar-refractivity contribution is 6.08. The fraction of sp³-hybridized carbons (Fsp3) is 0.0169. The predicted molar refractivity (Wildman–Crippen MR) is 258 cm³/mol. The molecule has 292 valence electrons. The molecule has 0 radical (unpaired) electrons. The van der Waals surface area contributed by atoms with Gasteiger partial charge in [-0.3, -0.25) is 0 Å². The van der Waals surface area contributed by atoms with Gasteiger partial charge in [-0.25, -0.2) is 9.97 Å². The molecule has 3 heteroatoms. The summed E-state index contributed by atoms with van der Waals surface area (Å²) in [5.74, 6) is 0.687. The molecule has 0 bridgehead atoms. The van der Waals surface area contributed by atoms with E-state index in [1.165, 1.54) is 60.9 Å². The second-order valence-electron chi connectivity index (χ2n) is 15.8. The van der Waals surface area contributed by atoms with E-state index in [0.29, 0.717) is 5.82 Å². The summed E-state index contributed by atoms with van der Waals surface area (Å²) in [4.78, 5) is 10.4. The zero-order valence-corrected chi connectivity index (χ0v) is 34.0. The Bertz CT molecular complexity index is 3100. The van der Waals surface area contributed by atoms with Gasteiger partial charge in [0, 0.05) is 27.9 Å². The summed E-state index contributed by atoms with van der Waals surface area (Å²) >= 11 is 0. The highest BCUT2D eigenvalue weighted by atomic mass is 14.9. The molecule has 2 heterocycles. The third-order valence-electron chi connectivity index (χ3n) is 12.0. The van der Waals surface area contributed by atoms with E-state index in [0.717, 1.165) is 39.3 Å². The fourth-order valence-corrected chi connectivity index (χ4v) is 8.78. The van der Waals surface area contributed by atoms with Crippen molar-refractivity contribution in [3.8, 4) is 67.3 Å². The van der Waals surface area contributed by atoms with E-state index in [1.54, 1.807) is 0 Å². The molecule has 1 atom stereocenters. The van der Waals surface area contributed by atoms with Gasteiger partial charge in [-0.2, -0.15) is 0 Å². The monoisotopic (exact) mass is 791 g/mol. The molecule has 1 unspecified atom stereocenters. The summed E-state index contributed by atoms with van der Waals surface area (Å²) < 4.78 is 0. The van der Waals surface area contributed by atoms with Crippen LogP contribution in [0.4, 0.5) is 5.69 Å². The summed E-state index contributed by atoms with van der Waals surface area (Å²) in [5, 5.41) is 6.28. The molecule has 1 aliphatic rings. The molecule has 0 fully saturated rings. The summed E-state index contributed by atoms with van der Waals surface area (Å²) in [7, 11) is 0. The van der Waals surface area contributed by atoms with Crippen molar-refractivity contribution < 1.29 is 0 Å². The molecule has 1 aliphatic heterocycles. The number of nitrogens with one attached hydrogen (secondary N) is 1. The van der Waals surface area contributed by atoms with Crippen LogP contribution in [0.2, 0.25) is 0 Å². The average Bonchev–Trinajstić information content (AvgIpc) is 3.37.